The zero-order valence-corrected chi connectivity index (χ0v) is 11.8. The number of aromatic nitrogens is 2. The Hall–Kier alpha value is -1.72. The fourth-order valence-corrected chi connectivity index (χ4v) is 1.92. The van der Waals surface area contributed by atoms with Gasteiger partial charge in [-0.3, -0.25) is 0 Å². The van der Waals surface area contributed by atoms with Crippen molar-refractivity contribution in [2.24, 2.45) is 0 Å². The summed E-state index contributed by atoms with van der Waals surface area (Å²) in [6.07, 6.45) is 0. The van der Waals surface area contributed by atoms with Gasteiger partial charge in [-0.05, 0) is 33.3 Å². The highest BCUT2D eigenvalue weighted by Gasteiger charge is 2.07. The zero-order chi connectivity index (χ0) is 13.7. The van der Waals surface area contributed by atoms with Crippen LogP contribution in [0.15, 0.2) is 24.3 Å². The molecule has 19 heavy (non-hydrogen) atoms. The number of benzene rings is 1. The third-order valence-corrected chi connectivity index (χ3v) is 2.77. The molecule has 102 valence electrons. The largest absolute Gasteiger partial charge is 0.368 e. The number of nitrogens with zero attached hydrogens (tertiary/aromatic N) is 3. The minimum Gasteiger partial charge on any atom is -0.368 e. The van der Waals surface area contributed by atoms with E-state index in [0.29, 0.717) is 0 Å². The number of para-hydroxylation sites is 1. The van der Waals surface area contributed by atoms with Crippen LogP contribution in [-0.2, 0) is 6.54 Å². The fourth-order valence-electron chi connectivity index (χ4n) is 1.92. The average molecular weight is 259 g/mol. The summed E-state index contributed by atoms with van der Waals surface area (Å²) in [5, 5.41) is 7.56. The summed E-state index contributed by atoms with van der Waals surface area (Å²) in [7, 11) is 5.98. The van der Waals surface area contributed by atoms with Crippen LogP contribution in [0.4, 0.5) is 5.82 Å². The van der Waals surface area contributed by atoms with Crippen molar-refractivity contribution in [1.29, 1.82) is 0 Å². The molecule has 0 aliphatic carbocycles. The second-order valence-electron chi connectivity index (χ2n) is 4.77. The first-order valence-corrected chi connectivity index (χ1v) is 6.49. The maximum Gasteiger partial charge on any atom is 0.145 e. The van der Waals surface area contributed by atoms with Crippen molar-refractivity contribution in [1.82, 2.24) is 20.2 Å². The molecule has 5 heteroatoms. The maximum absolute atomic E-state index is 4.62. The zero-order valence-electron chi connectivity index (χ0n) is 11.8. The van der Waals surface area contributed by atoms with Gasteiger partial charge in [0.15, 0.2) is 0 Å². The van der Waals surface area contributed by atoms with Crippen LogP contribution in [0.2, 0.25) is 0 Å². The molecule has 0 aliphatic heterocycles. The van der Waals surface area contributed by atoms with Crippen molar-refractivity contribution in [3.63, 3.8) is 0 Å². The van der Waals surface area contributed by atoms with Crippen molar-refractivity contribution >= 4 is 16.7 Å². The topological polar surface area (TPSA) is 53.1 Å². The lowest BCUT2D eigenvalue weighted by Gasteiger charge is -2.13. The SMILES string of the molecule is CNCCNc1nc(CN(C)C)nc2ccccc12. The van der Waals surface area contributed by atoms with E-state index >= 15 is 0 Å². The summed E-state index contributed by atoms with van der Waals surface area (Å²) in [5.74, 6) is 1.76. The molecule has 0 unspecified atom stereocenters. The molecular weight excluding hydrogens is 238 g/mol. The van der Waals surface area contributed by atoms with Gasteiger partial charge in [-0.15, -0.1) is 0 Å². The number of rotatable bonds is 6. The molecule has 0 radical (unpaired) electrons. The van der Waals surface area contributed by atoms with Crippen LogP contribution in [0.1, 0.15) is 5.82 Å². The highest BCUT2D eigenvalue weighted by Crippen LogP contribution is 2.20. The minimum atomic E-state index is 0.742. The summed E-state index contributed by atoms with van der Waals surface area (Å²) in [6.45, 7) is 2.49. The predicted octanol–water partition coefficient (Wildman–Crippen LogP) is 1.32. The van der Waals surface area contributed by atoms with E-state index in [1.807, 2.05) is 39.3 Å². The molecule has 0 atom stereocenters. The molecule has 2 aromatic rings. The predicted molar refractivity (Wildman–Crippen MR) is 79.3 cm³/mol. The summed E-state index contributed by atoms with van der Waals surface area (Å²) >= 11 is 0. The standard InChI is InChI=1S/C14H21N5/c1-15-8-9-16-14-11-6-4-5-7-12(11)17-13(18-14)10-19(2)3/h4-7,15H,8-10H2,1-3H3,(H,16,17,18). The van der Waals surface area contributed by atoms with Crippen LogP contribution in [0.3, 0.4) is 0 Å². The first kappa shape index (κ1) is 13.7. The highest BCUT2D eigenvalue weighted by molar-refractivity contribution is 5.88. The van der Waals surface area contributed by atoms with Gasteiger partial charge in [0.05, 0.1) is 12.1 Å². The van der Waals surface area contributed by atoms with Gasteiger partial charge in [0.1, 0.15) is 11.6 Å². The molecule has 1 aromatic carbocycles. The molecule has 2 rings (SSSR count). The molecule has 0 fully saturated rings. The lowest BCUT2D eigenvalue weighted by Crippen LogP contribution is -2.19. The van der Waals surface area contributed by atoms with Crippen molar-refractivity contribution in [3.8, 4) is 0 Å². The smallest absolute Gasteiger partial charge is 0.145 e. The Morgan fingerprint density at radius 1 is 1.11 bits per heavy atom. The molecule has 0 spiro atoms. The number of hydrogen-bond donors (Lipinski definition) is 2. The molecular formula is C14H21N5. The Morgan fingerprint density at radius 3 is 2.63 bits per heavy atom. The summed E-state index contributed by atoms with van der Waals surface area (Å²) < 4.78 is 0. The molecule has 1 aromatic heterocycles. The number of nitrogens with one attached hydrogen (secondary N) is 2. The van der Waals surface area contributed by atoms with Gasteiger partial charge in [0.25, 0.3) is 0 Å². The molecule has 0 bridgehead atoms. The van der Waals surface area contributed by atoms with Crippen molar-refractivity contribution in [2.75, 3.05) is 39.5 Å². The Bertz CT molecular complexity index is 538. The van der Waals surface area contributed by atoms with Gasteiger partial charge in [0, 0.05) is 18.5 Å². The van der Waals surface area contributed by atoms with E-state index in [0.717, 1.165) is 42.2 Å². The van der Waals surface area contributed by atoms with Gasteiger partial charge >= 0.3 is 0 Å². The Morgan fingerprint density at radius 2 is 1.89 bits per heavy atom. The van der Waals surface area contributed by atoms with Crippen LogP contribution in [-0.4, -0.2) is 49.1 Å². The van der Waals surface area contributed by atoms with Gasteiger partial charge < -0.3 is 15.5 Å². The molecule has 2 N–H and O–H groups in total. The van der Waals surface area contributed by atoms with Gasteiger partial charge in [-0.25, -0.2) is 9.97 Å². The second-order valence-corrected chi connectivity index (χ2v) is 4.77. The lowest BCUT2D eigenvalue weighted by atomic mass is 10.2. The highest BCUT2D eigenvalue weighted by atomic mass is 15.1. The third kappa shape index (κ3) is 3.62. The summed E-state index contributed by atoms with van der Waals surface area (Å²) in [5.41, 5.74) is 0.987. The minimum absolute atomic E-state index is 0.742. The summed E-state index contributed by atoms with van der Waals surface area (Å²) in [6, 6.07) is 8.10. The van der Waals surface area contributed by atoms with E-state index in [9.17, 15) is 0 Å². The molecule has 1 heterocycles. The van der Waals surface area contributed by atoms with Gasteiger partial charge in [-0.1, -0.05) is 12.1 Å². The van der Waals surface area contributed by atoms with Gasteiger partial charge in [-0.2, -0.15) is 0 Å². The van der Waals surface area contributed by atoms with Crippen LogP contribution in [0, 0.1) is 0 Å². The lowest BCUT2D eigenvalue weighted by molar-refractivity contribution is 0.391. The van der Waals surface area contributed by atoms with E-state index in [-0.39, 0.29) is 0 Å². The molecule has 5 nitrogen and oxygen atoms in total. The molecule has 0 saturated carbocycles. The first-order valence-electron chi connectivity index (χ1n) is 6.49. The van der Waals surface area contributed by atoms with E-state index in [2.05, 4.69) is 31.6 Å². The van der Waals surface area contributed by atoms with E-state index in [1.54, 1.807) is 0 Å². The average Bonchev–Trinajstić information content (AvgIpc) is 2.38. The first-order chi connectivity index (χ1) is 9.20. The van der Waals surface area contributed by atoms with Gasteiger partial charge in [0.2, 0.25) is 0 Å². The normalized spacial score (nSPS) is 11.2. The number of fused-ring (bicyclic) bond motifs is 1. The Kier molecular flexibility index (Phi) is 4.65. The van der Waals surface area contributed by atoms with Crippen molar-refractivity contribution in [2.45, 2.75) is 6.54 Å². The van der Waals surface area contributed by atoms with Crippen LogP contribution < -0.4 is 10.6 Å². The van der Waals surface area contributed by atoms with E-state index < -0.39 is 0 Å². The van der Waals surface area contributed by atoms with Crippen LogP contribution in [0.25, 0.3) is 10.9 Å². The monoisotopic (exact) mass is 259 g/mol. The third-order valence-electron chi connectivity index (χ3n) is 2.77. The molecule has 0 aliphatic rings. The number of likely N-dealkylation sites (N-methyl/N-ethyl adjacent to an activating group) is 1. The Labute approximate surface area is 114 Å². The van der Waals surface area contributed by atoms with E-state index in [1.165, 1.54) is 0 Å². The van der Waals surface area contributed by atoms with Crippen LogP contribution >= 0.6 is 0 Å². The van der Waals surface area contributed by atoms with Crippen LogP contribution in [0.5, 0.6) is 0 Å². The van der Waals surface area contributed by atoms with E-state index in [4.69, 9.17) is 0 Å². The second kappa shape index (κ2) is 6.45. The van der Waals surface area contributed by atoms with Crippen molar-refractivity contribution in [3.05, 3.63) is 30.1 Å². The summed E-state index contributed by atoms with van der Waals surface area (Å²) in [4.78, 5) is 11.3. The number of hydrogen-bond acceptors (Lipinski definition) is 5. The molecule has 0 saturated heterocycles. The quantitative estimate of drug-likeness (QED) is 0.766. The van der Waals surface area contributed by atoms with Crippen molar-refractivity contribution < 1.29 is 0 Å². The Balaban J connectivity index is 2.34. The maximum atomic E-state index is 4.62. The fraction of sp³-hybridized carbons (Fsp3) is 0.429. The number of anilines is 1. The molecule has 0 amide bonds.